The predicted molar refractivity (Wildman–Crippen MR) is 97.2 cm³/mol. The van der Waals surface area contributed by atoms with Crippen LogP contribution in [0.25, 0.3) is 10.8 Å². The summed E-state index contributed by atoms with van der Waals surface area (Å²) < 4.78 is 11.4. The Kier molecular flexibility index (Phi) is 3.20. The zero-order valence-corrected chi connectivity index (χ0v) is 15.1. The molecule has 0 spiro atoms. The van der Waals surface area contributed by atoms with Crippen molar-refractivity contribution in [1.82, 2.24) is 0 Å². The summed E-state index contributed by atoms with van der Waals surface area (Å²) in [6.45, 7) is 1.93. The predicted octanol–water partition coefficient (Wildman–Crippen LogP) is 2.78. The summed E-state index contributed by atoms with van der Waals surface area (Å²) in [5.74, 6) is -0.933. The number of methoxy groups -OCH3 is 1. The van der Waals surface area contributed by atoms with Crippen LogP contribution < -0.4 is 9.64 Å². The lowest BCUT2D eigenvalue weighted by atomic mass is 9.74. The van der Waals surface area contributed by atoms with E-state index >= 15 is 0 Å². The van der Waals surface area contributed by atoms with E-state index in [-0.39, 0.29) is 17.9 Å². The van der Waals surface area contributed by atoms with E-state index in [1.807, 2.05) is 25.1 Å². The number of nitrogens with zero attached hydrogens (tertiary/aromatic N) is 2. The number of hydrogen-bond acceptors (Lipinski definition) is 5. The second kappa shape index (κ2) is 5.30. The highest BCUT2D eigenvalue weighted by Crippen LogP contribution is 2.56. The minimum Gasteiger partial charge on any atom is -0.495 e. The molecule has 4 atom stereocenters. The summed E-state index contributed by atoms with van der Waals surface area (Å²) in [6, 6.07) is 11.1. The van der Waals surface area contributed by atoms with E-state index in [4.69, 9.17) is 9.47 Å². The van der Waals surface area contributed by atoms with E-state index in [0.717, 1.165) is 12.8 Å². The number of hydrogen-bond donors (Lipinski definition) is 0. The molecule has 0 aliphatic carbocycles. The quantitative estimate of drug-likeness (QED) is 0.768. The molecule has 3 heterocycles. The third-order valence-corrected chi connectivity index (χ3v) is 6.31. The highest BCUT2D eigenvalue weighted by molar-refractivity contribution is 6.26. The molecular formula is C21H18N2O4. The smallest absolute Gasteiger partial charge is 0.240 e. The number of carbonyl (C=O) groups excluding carboxylic acids is 2. The number of anilines is 1. The third-order valence-electron chi connectivity index (χ3n) is 6.31. The van der Waals surface area contributed by atoms with Crippen molar-refractivity contribution >= 4 is 28.3 Å². The molecule has 2 bridgehead atoms. The minimum absolute atomic E-state index is 0.187. The topological polar surface area (TPSA) is 79.6 Å². The summed E-state index contributed by atoms with van der Waals surface area (Å²) >= 11 is 0. The molecule has 6 nitrogen and oxygen atoms in total. The Morgan fingerprint density at radius 3 is 2.67 bits per heavy atom. The van der Waals surface area contributed by atoms with E-state index in [1.54, 1.807) is 12.1 Å². The first-order valence-corrected chi connectivity index (χ1v) is 9.05. The lowest BCUT2D eigenvalue weighted by Gasteiger charge is -2.26. The number of rotatable bonds is 2. The Bertz CT molecular complexity index is 1060. The highest BCUT2D eigenvalue weighted by atomic mass is 16.5. The lowest BCUT2D eigenvalue weighted by molar-refractivity contribution is -0.126. The fourth-order valence-electron chi connectivity index (χ4n) is 5.11. The van der Waals surface area contributed by atoms with Gasteiger partial charge in [0.05, 0.1) is 36.3 Å². The number of benzene rings is 2. The first-order chi connectivity index (χ1) is 13.0. The Morgan fingerprint density at radius 2 is 2.00 bits per heavy atom. The fraction of sp³-hybridized carbons (Fsp3) is 0.381. The first-order valence-electron chi connectivity index (χ1n) is 9.05. The average molecular weight is 362 g/mol. The number of amides is 2. The van der Waals surface area contributed by atoms with Crippen LogP contribution in [0.15, 0.2) is 30.3 Å². The van der Waals surface area contributed by atoms with Crippen molar-refractivity contribution in [2.75, 3.05) is 12.0 Å². The van der Waals surface area contributed by atoms with Gasteiger partial charge in [-0.3, -0.25) is 9.59 Å². The molecule has 3 saturated heterocycles. The van der Waals surface area contributed by atoms with Gasteiger partial charge in [0.25, 0.3) is 0 Å². The molecule has 3 aliphatic rings. The number of ether oxygens (including phenoxy) is 2. The SMILES string of the molecule is COc1cc(N2C(=O)[C@H]3[C@@H](C2=O)[C@]2(C)CC[C@H]3O2)c2ccccc2c1C#N. The molecule has 0 aromatic heterocycles. The van der Waals surface area contributed by atoms with Crippen LogP contribution in [0.5, 0.6) is 5.75 Å². The van der Waals surface area contributed by atoms with Gasteiger partial charge in [0.15, 0.2) is 0 Å². The van der Waals surface area contributed by atoms with Gasteiger partial charge in [-0.05, 0) is 19.8 Å². The number of fused-ring (bicyclic) bond motifs is 6. The van der Waals surface area contributed by atoms with Crippen molar-refractivity contribution in [2.45, 2.75) is 31.5 Å². The van der Waals surface area contributed by atoms with E-state index < -0.39 is 17.4 Å². The van der Waals surface area contributed by atoms with E-state index in [9.17, 15) is 14.9 Å². The highest BCUT2D eigenvalue weighted by Gasteiger charge is 2.67. The van der Waals surface area contributed by atoms with Gasteiger partial charge in [-0.25, -0.2) is 4.90 Å². The Labute approximate surface area is 156 Å². The van der Waals surface area contributed by atoms with E-state index in [2.05, 4.69) is 6.07 Å². The molecule has 2 amide bonds. The van der Waals surface area contributed by atoms with Gasteiger partial charge < -0.3 is 9.47 Å². The minimum atomic E-state index is -0.566. The first kappa shape index (κ1) is 16.3. The normalized spacial score (nSPS) is 31.4. The summed E-state index contributed by atoms with van der Waals surface area (Å²) in [6.07, 6.45) is 1.42. The molecule has 0 radical (unpaired) electrons. The number of nitriles is 1. The molecule has 3 fully saturated rings. The zero-order chi connectivity index (χ0) is 18.9. The van der Waals surface area contributed by atoms with Gasteiger partial charge in [-0.1, -0.05) is 24.3 Å². The summed E-state index contributed by atoms with van der Waals surface area (Å²) in [7, 11) is 1.48. The van der Waals surface area contributed by atoms with Crippen molar-refractivity contribution in [1.29, 1.82) is 5.26 Å². The van der Waals surface area contributed by atoms with Crippen molar-refractivity contribution in [3.63, 3.8) is 0 Å². The van der Waals surface area contributed by atoms with Crippen LogP contribution in [0.4, 0.5) is 5.69 Å². The van der Waals surface area contributed by atoms with Crippen molar-refractivity contribution in [3.8, 4) is 11.8 Å². The molecule has 0 saturated carbocycles. The molecule has 2 aromatic carbocycles. The van der Waals surface area contributed by atoms with Crippen LogP contribution in [0, 0.1) is 23.2 Å². The Morgan fingerprint density at radius 1 is 1.26 bits per heavy atom. The van der Waals surface area contributed by atoms with Gasteiger partial charge in [-0.15, -0.1) is 0 Å². The molecule has 27 heavy (non-hydrogen) atoms. The van der Waals surface area contributed by atoms with Crippen LogP contribution in [0.1, 0.15) is 25.3 Å². The second-order valence-corrected chi connectivity index (χ2v) is 7.65. The molecule has 6 heteroatoms. The second-order valence-electron chi connectivity index (χ2n) is 7.65. The van der Waals surface area contributed by atoms with Gasteiger partial charge in [0, 0.05) is 16.8 Å². The average Bonchev–Trinajstić information content (AvgIpc) is 3.29. The Balaban J connectivity index is 1.72. The molecule has 2 aromatic rings. The summed E-state index contributed by atoms with van der Waals surface area (Å²) in [4.78, 5) is 27.8. The van der Waals surface area contributed by atoms with Crippen LogP contribution in [-0.2, 0) is 14.3 Å². The van der Waals surface area contributed by atoms with Crippen LogP contribution in [-0.4, -0.2) is 30.6 Å². The van der Waals surface area contributed by atoms with E-state index in [0.29, 0.717) is 27.8 Å². The van der Waals surface area contributed by atoms with Gasteiger partial charge in [-0.2, -0.15) is 5.26 Å². The molecule has 5 rings (SSSR count). The van der Waals surface area contributed by atoms with Gasteiger partial charge in [0.1, 0.15) is 17.4 Å². The standard InChI is InChI=1S/C21H18N2O4/c1-21-8-7-15(27-21)17-18(21)20(25)23(19(17)24)14-9-16(26-2)13(10-22)11-5-3-4-6-12(11)14/h3-6,9,15,17-18H,7-8H2,1-2H3/t15-,17-,18+,21+/m1/s1. The van der Waals surface area contributed by atoms with Crippen molar-refractivity contribution < 1.29 is 19.1 Å². The fourth-order valence-corrected chi connectivity index (χ4v) is 5.11. The summed E-state index contributed by atoms with van der Waals surface area (Å²) in [5, 5.41) is 10.9. The molecule has 0 N–H and O–H groups in total. The van der Waals surface area contributed by atoms with E-state index in [1.165, 1.54) is 12.0 Å². The van der Waals surface area contributed by atoms with Crippen molar-refractivity contribution in [3.05, 3.63) is 35.9 Å². The monoisotopic (exact) mass is 362 g/mol. The number of carbonyl (C=O) groups is 2. The third kappa shape index (κ3) is 1.92. The molecule has 3 aliphatic heterocycles. The Hall–Kier alpha value is -2.91. The van der Waals surface area contributed by atoms with Gasteiger partial charge >= 0.3 is 0 Å². The maximum atomic E-state index is 13.3. The van der Waals surface area contributed by atoms with Crippen LogP contribution in [0.3, 0.4) is 0 Å². The molecular weight excluding hydrogens is 344 g/mol. The number of imide groups is 1. The zero-order valence-electron chi connectivity index (χ0n) is 15.1. The van der Waals surface area contributed by atoms with Crippen molar-refractivity contribution in [2.24, 2.45) is 11.8 Å². The van der Waals surface area contributed by atoms with Gasteiger partial charge in [0.2, 0.25) is 11.8 Å². The molecule has 0 unspecified atom stereocenters. The maximum absolute atomic E-state index is 13.3. The van der Waals surface area contributed by atoms with Crippen LogP contribution >= 0.6 is 0 Å². The largest absolute Gasteiger partial charge is 0.495 e. The lowest BCUT2D eigenvalue weighted by Crippen LogP contribution is -2.39. The van der Waals surface area contributed by atoms with Crippen LogP contribution in [0.2, 0.25) is 0 Å². The molecule has 136 valence electrons. The summed E-state index contributed by atoms with van der Waals surface area (Å²) in [5.41, 5.74) is 0.309. The maximum Gasteiger partial charge on any atom is 0.240 e.